The first kappa shape index (κ1) is 13.1. The van der Waals surface area contributed by atoms with Crippen LogP contribution in [0.2, 0.25) is 0 Å². The van der Waals surface area contributed by atoms with Crippen molar-refractivity contribution >= 4 is 23.3 Å². The summed E-state index contributed by atoms with van der Waals surface area (Å²) in [6.45, 7) is 0.582. The number of aromatic nitrogens is 2. The lowest BCUT2D eigenvalue weighted by Crippen LogP contribution is -2.25. The Balaban J connectivity index is 1.94. The predicted octanol–water partition coefficient (Wildman–Crippen LogP) is 2.81. The summed E-state index contributed by atoms with van der Waals surface area (Å²) in [5, 5.41) is 6.86. The summed E-state index contributed by atoms with van der Waals surface area (Å²) in [5.41, 5.74) is 1.60. The molecule has 1 aromatic carbocycles. The number of nitrogens with zero attached hydrogens (tertiary/aromatic N) is 2. The van der Waals surface area contributed by atoms with Crippen molar-refractivity contribution in [1.82, 2.24) is 10.2 Å². The average Bonchev–Trinajstić information content (AvgIpc) is 3.05. The highest BCUT2D eigenvalue weighted by Crippen LogP contribution is 2.32. The summed E-state index contributed by atoms with van der Waals surface area (Å²) < 4.78 is 13.0. The molecule has 20 heavy (non-hydrogen) atoms. The molecule has 0 aliphatic carbocycles. The molecule has 4 nitrogen and oxygen atoms in total. The number of anilines is 1. The van der Waals surface area contributed by atoms with Crippen molar-refractivity contribution in [2.24, 2.45) is 5.92 Å². The number of carbonyl (C=O) groups is 1. The molecule has 1 atom stereocenters. The fourth-order valence-corrected chi connectivity index (χ4v) is 2.63. The van der Waals surface area contributed by atoms with Crippen LogP contribution in [0.15, 0.2) is 30.5 Å². The van der Waals surface area contributed by atoms with Gasteiger partial charge in [0.2, 0.25) is 5.91 Å². The van der Waals surface area contributed by atoms with Gasteiger partial charge in [0.1, 0.15) is 11.6 Å². The number of halogens is 2. The Morgan fingerprint density at radius 3 is 2.80 bits per heavy atom. The maximum atomic E-state index is 13.0. The normalized spacial score (nSPS) is 18.8. The van der Waals surface area contributed by atoms with Crippen LogP contribution in [0, 0.1) is 11.7 Å². The van der Waals surface area contributed by atoms with Gasteiger partial charge in [-0.3, -0.25) is 14.8 Å². The molecule has 0 radical (unpaired) electrons. The maximum Gasteiger partial charge on any atom is 0.228 e. The summed E-state index contributed by atoms with van der Waals surface area (Å²) in [6, 6.07) is 6.12. The number of H-pyrrole nitrogens is 1. The smallest absolute Gasteiger partial charge is 0.228 e. The van der Waals surface area contributed by atoms with Crippen molar-refractivity contribution in [3.8, 4) is 11.1 Å². The van der Waals surface area contributed by atoms with Gasteiger partial charge in [0, 0.05) is 24.4 Å². The lowest BCUT2D eigenvalue weighted by atomic mass is 10.1. The van der Waals surface area contributed by atoms with Crippen LogP contribution in [0.25, 0.3) is 11.1 Å². The molecule has 2 aromatic rings. The largest absolute Gasteiger partial charge is 0.296 e. The third-order valence-electron chi connectivity index (χ3n) is 3.47. The minimum absolute atomic E-state index is 0.0308. The predicted molar refractivity (Wildman–Crippen MR) is 75.2 cm³/mol. The van der Waals surface area contributed by atoms with Crippen molar-refractivity contribution in [2.75, 3.05) is 17.3 Å². The summed E-state index contributed by atoms with van der Waals surface area (Å²) in [5.74, 6) is 1.01. The number of amides is 1. The van der Waals surface area contributed by atoms with Crippen molar-refractivity contribution in [2.45, 2.75) is 6.42 Å². The van der Waals surface area contributed by atoms with E-state index >= 15 is 0 Å². The number of alkyl halides is 1. The van der Waals surface area contributed by atoms with Crippen molar-refractivity contribution in [1.29, 1.82) is 0 Å². The van der Waals surface area contributed by atoms with Gasteiger partial charge in [-0.25, -0.2) is 4.39 Å². The highest BCUT2D eigenvalue weighted by Gasteiger charge is 2.32. The fourth-order valence-electron chi connectivity index (χ4n) is 2.43. The zero-order valence-electron chi connectivity index (χ0n) is 10.6. The summed E-state index contributed by atoms with van der Waals surface area (Å²) in [4.78, 5) is 13.7. The molecule has 0 saturated carbocycles. The molecule has 1 saturated heterocycles. The van der Waals surface area contributed by atoms with E-state index in [1.165, 1.54) is 12.1 Å². The van der Waals surface area contributed by atoms with Crippen LogP contribution in [0.1, 0.15) is 6.42 Å². The number of benzene rings is 1. The first-order valence-corrected chi connectivity index (χ1v) is 6.88. The molecule has 3 rings (SSSR count). The maximum absolute atomic E-state index is 13.0. The van der Waals surface area contributed by atoms with Gasteiger partial charge in [-0.05, 0) is 23.6 Å². The number of aromatic amines is 1. The second kappa shape index (κ2) is 5.25. The molecular weight excluding hydrogens is 281 g/mol. The lowest BCUT2D eigenvalue weighted by molar-refractivity contribution is -0.117. The van der Waals surface area contributed by atoms with E-state index in [0.29, 0.717) is 24.7 Å². The Morgan fingerprint density at radius 1 is 1.40 bits per heavy atom. The molecule has 1 fully saturated rings. The van der Waals surface area contributed by atoms with E-state index in [4.69, 9.17) is 11.6 Å². The molecule has 1 aliphatic rings. The molecule has 6 heteroatoms. The van der Waals surface area contributed by atoms with Gasteiger partial charge < -0.3 is 0 Å². The minimum Gasteiger partial charge on any atom is -0.296 e. The van der Waals surface area contributed by atoms with E-state index in [2.05, 4.69) is 10.2 Å². The zero-order valence-corrected chi connectivity index (χ0v) is 11.4. The average molecular weight is 294 g/mol. The number of hydrogen-bond acceptors (Lipinski definition) is 2. The SMILES string of the molecule is O=C1CC(CCl)CN1c1[nH]ncc1-c1ccc(F)cc1. The molecule has 2 heterocycles. The third-order valence-corrected chi connectivity index (χ3v) is 3.90. The Hall–Kier alpha value is -1.88. The molecule has 1 aliphatic heterocycles. The van der Waals surface area contributed by atoms with Gasteiger partial charge in [-0.15, -0.1) is 11.6 Å². The van der Waals surface area contributed by atoms with Crippen molar-refractivity contribution < 1.29 is 9.18 Å². The second-order valence-corrected chi connectivity index (χ2v) is 5.18. The summed E-state index contributed by atoms with van der Waals surface area (Å²) in [7, 11) is 0. The van der Waals surface area contributed by atoms with Crippen LogP contribution in [-0.2, 0) is 4.79 Å². The minimum atomic E-state index is -0.293. The van der Waals surface area contributed by atoms with Crippen LogP contribution >= 0.6 is 11.6 Å². The molecule has 1 N–H and O–H groups in total. The third kappa shape index (κ3) is 2.29. The second-order valence-electron chi connectivity index (χ2n) is 4.87. The van der Waals surface area contributed by atoms with Crippen LogP contribution < -0.4 is 4.90 Å². The van der Waals surface area contributed by atoms with E-state index in [0.717, 1.165) is 11.1 Å². The molecule has 1 amide bonds. The first-order valence-electron chi connectivity index (χ1n) is 6.34. The van der Waals surface area contributed by atoms with Crippen LogP contribution in [0.5, 0.6) is 0 Å². The number of carbonyl (C=O) groups excluding carboxylic acids is 1. The number of rotatable bonds is 3. The fraction of sp³-hybridized carbons (Fsp3) is 0.286. The Kier molecular flexibility index (Phi) is 3.44. The number of nitrogens with one attached hydrogen (secondary N) is 1. The van der Waals surface area contributed by atoms with Crippen LogP contribution in [0.3, 0.4) is 0 Å². The van der Waals surface area contributed by atoms with E-state index < -0.39 is 0 Å². The molecular formula is C14H13ClFN3O. The van der Waals surface area contributed by atoms with E-state index in [-0.39, 0.29) is 17.6 Å². The van der Waals surface area contributed by atoms with Gasteiger partial charge in [-0.2, -0.15) is 5.10 Å². The first-order chi connectivity index (χ1) is 9.69. The van der Waals surface area contributed by atoms with E-state index in [9.17, 15) is 9.18 Å². The highest BCUT2D eigenvalue weighted by molar-refractivity contribution is 6.18. The molecule has 1 aromatic heterocycles. The Labute approximate surface area is 120 Å². The zero-order chi connectivity index (χ0) is 14.1. The number of hydrogen-bond donors (Lipinski definition) is 1. The van der Waals surface area contributed by atoms with Gasteiger partial charge >= 0.3 is 0 Å². The van der Waals surface area contributed by atoms with Gasteiger partial charge in [0.05, 0.1) is 6.20 Å². The van der Waals surface area contributed by atoms with E-state index in [1.807, 2.05) is 0 Å². The van der Waals surface area contributed by atoms with Gasteiger partial charge in [0.15, 0.2) is 0 Å². The molecule has 0 spiro atoms. The quantitative estimate of drug-likeness (QED) is 0.885. The molecule has 0 bridgehead atoms. The standard InChI is InChI=1S/C14H13ClFN3O/c15-6-9-5-13(20)19(8-9)14-12(7-17-18-14)10-1-3-11(16)4-2-10/h1-4,7,9H,5-6,8H2,(H,17,18). The van der Waals surface area contributed by atoms with Gasteiger partial charge in [0.25, 0.3) is 0 Å². The lowest BCUT2D eigenvalue weighted by Gasteiger charge is -2.16. The summed E-state index contributed by atoms with van der Waals surface area (Å²) >= 11 is 5.83. The molecule has 1 unspecified atom stereocenters. The highest BCUT2D eigenvalue weighted by atomic mass is 35.5. The molecule has 104 valence electrons. The van der Waals surface area contributed by atoms with Crippen LogP contribution in [-0.4, -0.2) is 28.5 Å². The van der Waals surface area contributed by atoms with Crippen molar-refractivity contribution in [3.63, 3.8) is 0 Å². The van der Waals surface area contributed by atoms with Gasteiger partial charge in [-0.1, -0.05) is 12.1 Å². The Morgan fingerprint density at radius 2 is 2.15 bits per heavy atom. The van der Waals surface area contributed by atoms with Crippen LogP contribution in [0.4, 0.5) is 10.2 Å². The topological polar surface area (TPSA) is 49.0 Å². The Bertz CT molecular complexity index is 626. The summed E-state index contributed by atoms with van der Waals surface area (Å²) in [6.07, 6.45) is 2.09. The van der Waals surface area contributed by atoms with Crippen molar-refractivity contribution in [3.05, 3.63) is 36.3 Å². The monoisotopic (exact) mass is 293 g/mol. The van der Waals surface area contributed by atoms with E-state index in [1.54, 1.807) is 23.2 Å².